The van der Waals surface area contributed by atoms with Crippen LogP contribution in [0, 0.1) is 6.92 Å². The SMILES string of the molecule is CCCN1C(=O)C(=O)/C(=C(/O)c2ccc(OCC)c(C)c2)C1c1cccc(OCC)c1. The van der Waals surface area contributed by atoms with E-state index in [2.05, 4.69) is 0 Å². The zero-order valence-corrected chi connectivity index (χ0v) is 18.5. The molecule has 0 aromatic heterocycles. The van der Waals surface area contributed by atoms with Crippen molar-refractivity contribution in [1.29, 1.82) is 0 Å². The van der Waals surface area contributed by atoms with Gasteiger partial charge in [-0.05, 0) is 68.7 Å². The molecule has 1 fully saturated rings. The van der Waals surface area contributed by atoms with E-state index < -0.39 is 17.7 Å². The lowest BCUT2D eigenvalue weighted by atomic mass is 9.94. The number of rotatable bonds is 8. The average molecular weight is 424 g/mol. The van der Waals surface area contributed by atoms with E-state index >= 15 is 0 Å². The van der Waals surface area contributed by atoms with Crippen LogP contribution in [0.25, 0.3) is 5.76 Å². The molecule has 1 saturated heterocycles. The van der Waals surface area contributed by atoms with Crippen LogP contribution in [-0.4, -0.2) is 41.5 Å². The van der Waals surface area contributed by atoms with Crippen molar-refractivity contribution < 1.29 is 24.2 Å². The fourth-order valence-electron chi connectivity index (χ4n) is 3.91. The average Bonchev–Trinajstić information content (AvgIpc) is 3.00. The van der Waals surface area contributed by atoms with E-state index in [1.165, 1.54) is 4.90 Å². The van der Waals surface area contributed by atoms with Crippen LogP contribution in [0.3, 0.4) is 0 Å². The van der Waals surface area contributed by atoms with Crippen molar-refractivity contribution in [3.05, 3.63) is 64.7 Å². The molecule has 1 heterocycles. The topological polar surface area (TPSA) is 76.1 Å². The molecule has 0 aliphatic carbocycles. The molecule has 31 heavy (non-hydrogen) atoms. The first-order chi connectivity index (χ1) is 14.9. The number of carbonyl (C=O) groups excluding carboxylic acids is 2. The molecule has 1 amide bonds. The number of likely N-dealkylation sites (tertiary alicyclic amines) is 1. The first kappa shape index (κ1) is 22.4. The Balaban J connectivity index is 2.15. The molecule has 1 aliphatic rings. The van der Waals surface area contributed by atoms with Crippen molar-refractivity contribution in [2.75, 3.05) is 19.8 Å². The lowest BCUT2D eigenvalue weighted by Crippen LogP contribution is -2.30. The number of aliphatic hydroxyl groups excluding tert-OH is 1. The number of nitrogens with zero attached hydrogens (tertiary/aromatic N) is 1. The number of aryl methyl sites for hydroxylation is 1. The minimum Gasteiger partial charge on any atom is -0.507 e. The van der Waals surface area contributed by atoms with Gasteiger partial charge in [0, 0.05) is 12.1 Å². The van der Waals surface area contributed by atoms with E-state index in [1.54, 1.807) is 18.2 Å². The zero-order valence-electron chi connectivity index (χ0n) is 18.5. The summed E-state index contributed by atoms with van der Waals surface area (Å²) < 4.78 is 11.2. The number of hydrogen-bond acceptors (Lipinski definition) is 5. The van der Waals surface area contributed by atoms with Crippen LogP contribution < -0.4 is 9.47 Å². The Labute approximate surface area is 183 Å². The molecular weight excluding hydrogens is 394 g/mol. The standard InChI is InChI=1S/C25H29NO5/c1-5-13-26-22(17-9-8-10-19(15-17)30-6-2)21(24(28)25(26)29)23(27)18-11-12-20(31-7-3)16(4)14-18/h8-12,14-15,22,27H,5-7,13H2,1-4H3/b23-21+. The molecule has 1 aliphatic heterocycles. The second-order valence-corrected chi connectivity index (χ2v) is 7.41. The van der Waals surface area contributed by atoms with E-state index in [-0.39, 0.29) is 11.3 Å². The maximum atomic E-state index is 13.0. The summed E-state index contributed by atoms with van der Waals surface area (Å²) in [6.07, 6.45) is 0.691. The molecule has 2 aromatic carbocycles. The maximum Gasteiger partial charge on any atom is 0.295 e. The van der Waals surface area contributed by atoms with Crippen LogP contribution in [0.5, 0.6) is 11.5 Å². The number of ether oxygens (including phenoxy) is 2. The summed E-state index contributed by atoms with van der Waals surface area (Å²) in [5.41, 5.74) is 2.13. The minimum atomic E-state index is -0.677. The molecule has 0 radical (unpaired) electrons. The van der Waals surface area contributed by atoms with Crippen molar-refractivity contribution in [2.45, 2.75) is 40.2 Å². The number of aliphatic hydroxyl groups is 1. The van der Waals surface area contributed by atoms with Gasteiger partial charge in [-0.15, -0.1) is 0 Å². The van der Waals surface area contributed by atoms with Gasteiger partial charge in [0.15, 0.2) is 0 Å². The fourth-order valence-corrected chi connectivity index (χ4v) is 3.91. The van der Waals surface area contributed by atoms with Gasteiger partial charge in [0.25, 0.3) is 11.7 Å². The van der Waals surface area contributed by atoms with Crippen molar-refractivity contribution in [2.24, 2.45) is 0 Å². The summed E-state index contributed by atoms with van der Waals surface area (Å²) in [6.45, 7) is 9.06. The van der Waals surface area contributed by atoms with Crippen LogP contribution in [0.1, 0.15) is 49.9 Å². The van der Waals surface area contributed by atoms with E-state index in [0.29, 0.717) is 43.2 Å². The Morgan fingerprint density at radius 1 is 1.03 bits per heavy atom. The van der Waals surface area contributed by atoms with Gasteiger partial charge in [0.1, 0.15) is 17.3 Å². The van der Waals surface area contributed by atoms with Gasteiger partial charge in [-0.3, -0.25) is 9.59 Å². The summed E-state index contributed by atoms with van der Waals surface area (Å²) >= 11 is 0. The molecule has 3 rings (SSSR count). The van der Waals surface area contributed by atoms with Crippen molar-refractivity contribution >= 4 is 17.4 Å². The maximum absolute atomic E-state index is 13.0. The molecule has 6 heteroatoms. The van der Waals surface area contributed by atoms with Crippen LogP contribution in [0.4, 0.5) is 0 Å². The minimum absolute atomic E-state index is 0.0932. The Morgan fingerprint density at radius 2 is 1.77 bits per heavy atom. The monoisotopic (exact) mass is 423 g/mol. The van der Waals surface area contributed by atoms with E-state index in [4.69, 9.17) is 9.47 Å². The molecule has 0 saturated carbocycles. The number of amides is 1. The lowest BCUT2D eigenvalue weighted by molar-refractivity contribution is -0.139. The predicted molar refractivity (Wildman–Crippen MR) is 119 cm³/mol. The highest BCUT2D eigenvalue weighted by Crippen LogP contribution is 2.40. The van der Waals surface area contributed by atoms with Gasteiger partial charge in [0.2, 0.25) is 0 Å². The molecule has 6 nitrogen and oxygen atoms in total. The van der Waals surface area contributed by atoms with Crippen LogP contribution in [0.15, 0.2) is 48.0 Å². The smallest absolute Gasteiger partial charge is 0.295 e. The van der Waals surface area contributed by atoms with Gasteiger partial charge in [-0.1, -0.05) is 19.1 Å². The van der Waals surface area contributed by atoms with Gasteiger partial charge in [-0.2, -0.15) is 0 Å². The molecule has 0 bridgehead atoms. The molecular formula is C25H29NO5. The van der Waals surface area contributed by atoms with E-state index in [0.717, 1.165) is 11.1 Å². The summed E-state index contributed by atoms with van der Waals surface area (Å²) in [6, 6.07) is 11.9. The molecule has 0 spiro atoms. The summed E-state index contributed by atoms with van der Waals surface area (Å²) in [4.78, 5) is 27.3. The number of hydrogen-bond donors (Lipinski definition) is 1. The molecule has 164 valence electrons. The summed E-state index contributed by atoms with van der Waals surface area (Å²) in [7, 11) is 0. The van der Waals surface area contributed by atoms with Crippen molar-refractivity contribution in [1.82, 2.24) is 4.90 Å². The molecule has 1 unspecified atom stereocenters. The first-order valence-electron chi connectivity index (χ1n) is 10.7. The Bertz CT molecular complexity index is 1010. The predicted octanol–water partition coefficient (Wildman–Crippen LogP) is 4.62. The van der Waals surface area contributed by atoms with Crippen LogP contribution in [0.2, 0.25) is 0 Å². The molecule has 1 atom stereocenters. The molecule has 1 N–H and O–H groups in total. The van der Waals surface area contributed by atoms with Crippen LogP contribution >= 0.6 is 0 Å². The third kappa shape index (κ3) is 4.43. The third-order valence-corrected chi connectivity index (χ3v) is 5.24. The quantitative estimate of drug-likeness (QED) is 0.381. The largest absolute Gasteiger partial charge is 0.507 e. The van der Waals surface area contributed by atoms with Crippen molar-refractivity contribution in [3.63, 3.8) is 0 Å². The lowest BCUT2D eigenvalue weighted by Gasteiger charge is -2.25. The van der Waals surface area contributed by atoms with Crippen molar-refractivity contribution in [3.8, 4) is 11.5 Å². The van der Waals surface area contributed by atoms with Gasteiger partial charge in [-0.25, -0.2) is 0 Å². The first-order valence-corrected chi connectivity index (χ1v) is 10.7. The van der Waals surface area contributed by atoms with Gasteiger partial charge in [0.05, 0.1) is 24.8 Å². The Kier molecular flexibility index (Phi) is 7.00. The number of ketones is 1. The highest BCUT2D eigenvalue weighted by Gasteiger charge is 2.45. The van der Waals surface area contributed by atoms with Gasteiger partial charge >= 0.3 is 0 Å². The Morgan fingerprint density at radius 3 is 2.42 bits per heavy atom. The number of carbonyl (C=O) groups is 2. The van der Waals surface area contributed by atoms with E-state index in [1.807, 2.05) is 52.0 Å². The second kappa shape index (κ2) is 9.69. The Hall–Kier alpha value is -3.28. The highest BCUT2D eigenvalue weighted by atomic mass is 16.5. The second-order valence-electron chi connectivity index (χ2n) is 7.41. The summed E-state index contributed by atoms with van der Waals surface area (Å²) in [5, 5.41) is 11.2. The van der Waals surface area contributed by atoms with E-state index in [9.17, 15) is 14.7 Å². The highest BCUT2D eigenvalue weighted by molar-refractivity contribution is 6.46. The summed E-state index contributed by atoms with van der Waals surface area (Å²) in [5.74, 6) is -0.0949. The normalized spacial score (nSPS) is 17.8. The van der Waals surface area contributed by atoms with Gasteiger partial charge < -0.3 is 19.5 Å². The fraction of sp³-hybridized carbons (Fsp3) is 0.360. The molecule has 2 aromatic rings. The third-order valence-electron chi connectivity index (χ3n) is 5.24. The van der Waals surface area contributed by atoms with Crippen LogP contribution in [-0.2, 0) is 9.59 Å². The number of Topliss-reactive ketones (excluding diaryl/α,β-unsaturated/α-hetero) is 1. The number of benzene rings is 2. The zero-order chi connectivity index (χ0) is 22.5.